The van der Waals surface area contributed by atoms with Crippen LogP contribution in [0.5, 0.6) is 5.75 Å². The van der Waals surface area contributed by atoms with Gasteiger partial charge in [-0.15, -0.1) is 0 Å². The van der Waals surface area contributed by atoms with Gasteiger partial charge in [-0.25, -0.2) is 0 Å². The van der Waals surface area contributed by atoms with E-state index >= 15 is 0 Å². The Morgan fingerprint density at radius 1 is 1.39 bits per heavy atom. The van der Waals surface area contributed by atoms with Crippen LogP contribution in [-0.4, -0.2) is 31.8 Å². The molecule has 0 fully saturated rings. The number of methoxy groups -OCH3 is 1. The van der Waals surface area contributed by atoms with Crippen LogP contribution in [0.1, 0.15) is 12.5 Å². The third-order valence-corrected chi connectivity index (χ3v) is 2.34. The van der Waals surface area contributed by atoms with Gasteiger partial charge >= 0.3 is 5.69 Å². The number of nitro groups is 1. The fourth-order valence-electron chi connectivity index (χ4n) is 1.44. The van der Waals surface area contributed by atoms with E-state index in [0.29, 0.717) is 19.8 Å². The Labute approximate surface area is 106 Å². The van der Waals surface area contributed by atoms with Crippen LogP contribution in [0.15, 0.2) is 18.2 Å². The number of ether oxygens (including phenoxy) is 2. The summed E-state index contributed by atoms with van der Waals surface area (Å²) in [4.78, 5) is 10.5. The standard InChI is InChI=1S/C12H18N2O4/c1-3-13-9-10-4-5-12(18-7-6-17-2)11(8-10)14(15)16/h4-5,8,13H,3,6-7,9H2,1-2H3. The van der Waals surface area contributed by atoms with Crippen LogP contribution in [0.3, 0.4) is 0 Å². The van der Waals surface area contributed by atoms with Crippen molar-refractivity contribution >= 4 is 5.69 Å². The number of nitro benzene ring substituents is 1. The van der Waals surface area contributed by atoms with Gasteiger partial charge in [0.05, 0.1) is 11.5 Å². The first-order valence-corrected chi connectivity index (χ1v) is 5.78. The van der Waals surface area contributed by atoms with Crippen molar-refractivity contribution in [3.63, 3.8) is 0 Å². The second-order valence-electron chi connectivity index (χ2n) is 3.68. The summed E-state index contributed by atoms with van der Waals surface area (Å²) in [6.45, 7) is 4.10. The Balaban J connectivity index is 2.80. The molecule has 0 aliphatic heterocycles. The minimum Gasteiger partial charge on any atom is -0.484 e. The van der Waals surface area contributed by atoms with E-state index in [2.05, 4.69) is 5.32 Å². The summed E-state index contributed by atoms with van der Waals surface area (Å²) < 4.78 is 10.1. The van der Waals surface area contributed by atoms with Gasteiger partial charge in [0, 0.05) is 19.7 Å². The molecule has 6 heteroatoms. The molecule has 0 aliphatic carbocycles. The molecular formula is C12H18N2O4. The predicted octanol–water partition coefficient (Wildman–Crippen LogP) is 1.73. The lowest BCUT2D eigenvalue weighted by molar-refractivity contribution is -0.385. The molecule has 100 valence electrons. The van der Waals surface area contributed by atoms with Gasteiger partial charge in [-0.1, -0.05) is 13.0 Å². The van der Waals surface area contributed by atoms with Crippen molar-refractivity contribution in [2.75, 3.05) is 26.9 Å². The first kappa shape index (κ1) is 14.4. The van der Waals surface area contributed by atoms with Crippen LogP contribution in [0.2, 0.25) is 0 Å². The van der Waals surface area contributed by atoms with Gasteiger partial charge in [0.25, 0.3) is 0 Å². The third kappa shape index (κ3) is 4.31. The predicted molar refractivity (Wildman–Crippen MR) is 67.8 cm³/mol. The Morgan fingerprint density at radius 2 is 2.17 bits per heavy atom. The monoisotopic (exact) mass is 254 g/mol. The normalized spacial score (nSPS) is 10.3. The largest absolute Gasteiger partial charge is 0.484 e. The molecule has 0 atom stereocenters. The molecule has 1 rings (SSSR count). The summed E-state index contributed by atoms with van der Waals surface area (Å²) >= 11 is 0. The van der Waals surface area contributed by atoms with Crippen molar-refractivity contribution < 1.29 is 14.4 Å². The van der Waals surface area contributed by atoms with Crippen LogP contribution in [0.25, 0.3) is 0 Å². The molecule has 18 heavy (non-hydrogen) atoms. The topological polar surface area (TPSA) is 73.6 Å². The quantitative estimate of drug-likeness (QED) is 0.434. The molecule has 1 aromatic rings. The maximum Gasteiger partial charge on any atom is 0.311 e. The maximum atomic E-state index is 11.0. The molecule has 0 saturated heterocycles. The van der Waals surface area contributed by atoms with E-state index in [9.17, 15) is 10.1 Å². The molecular weight excluding hydrogens is 236 g/mol. The summed E-state index contributed by atoms with van der Waals surface area (Å²) in [5, 5.41) is 14.1. The number of hydrogen-bond acceptors (Lipinski definition) is 5. The number of nitrogens with zero attached hydrogens (tertiary/aromatic N) is 1. The van der Waals surface area contributed by atoms with Crippen LogP contribution in [0.4, 0.5) is 5.69 Å². The summed E-state index contributed by atoms with van der Waals surface area (Å²) in [5.41, 5.74) is 0.851. The van der Waals surface area contributed by atoms with Gasteiger partial charge in [-0.2, -0.15) is 0 Å². The molecule has 0 heterocycles. The molecule has 0 aliphatic rings. The molecule has 0 radical (unpaired) electrons. The Bertz CT molecular complexity index is 396. The van der Waals surface area contributed by atoms with Gasteiger partial charge in [0.2, 0.25) is 0 Å². The van der Waals surface area contributed by atoms with Crippen molar-refractivity contribution in [3.8, 4) is 5.75 Å². The van der Waals surface area contributed by atoms with Crippen molar-refractivity contribution in [2.24, 2.45) is 0 Å². The van der Waals surface area contributed by atoms with Gasteiger partial charge in [-0.3, -0.25) is 10.1 Å². The zero-order valence-electron chi connectivity index (χ0n) is 10.6. The molecule has 0 spiro atoms. The number of rotatable bonds is 8. The molecule has 0 unspecified atom stereocenters. The van der Waals surface area contributed by atoms with Gasteiger partial charge < -0.3 is 14.8 Å². The minimum atomic E-state index is -0.433. The van der Waals surface area contributed by atoms with E-state index in [1.54, 1.807) is 13.2 Å². The fourth-order valence-corrected chi connectivity index (χ4v) is 1.44. The molecule has 0 amide bonds. The molecule has 1 N–H and O–H groups in total. The molecule has 0 saturated carbocycles. The Kier molecular flexibility index (Phi) is 6.10. The lowest BCUT2D eigenvalue weighted by Crippen LogP contribution is -2.12. The second kappa shape index (κ2) is 7.62. The van der Waals surface area contributed by atoms with Crippen LogP contribution < -0.4 is 10.1 Å². The van der Waals surface area contributed by atoms with Crippen molar-refractivity contribution in [2.45, 2.75) is 13.5 Å². The van der Waals surface area contributed by atoms with Crippen LogP contribution in [0, 0.1) is 10.1 Å². The highest BCUT2D eigenvalue weighted by atomic mass is 16.6. The first-order valence-electron chi connectivity index (χ1n) is 5.78. The number of nitrogens with one attached hydrogen (secondary N) is 1. The highest BCUT2D eigenvalue weighted by Crippen LogP contribution is 2.27. The lowest BCUT2D eigenvalue weighted by atomic mass is 10.2. The van der Waals surface area contributed by atoms with Gasteiger partial charge in [-0.05, 0) is 18.2 Å². The van der Waals surface area contributed by atoms with Crippen molar-refractivity contribution in [3.05, 3.63) is 33.9 Å². The van der Waals surface area contributed by atoms with Crippen LogP contribution >= 0.6 is 0 Å². The van der Waals surface area contributed by atoms with E-state index in [-0.39, 0.29) is 11.4 Å². The summed E-state index contributed by atoms with van der Waals surface area (Å²) in [5.74, 6) is 0.275. The SMILES string of the molecule is CCNCc1ccc(OCCOC)c([N+](=O)[O-])c1. The fraction of sp³-hybridized carbons (Fsp3) is 0.500. The zero-order valence-corrected chi connectivity index (χ0v) is 10.6. The van der Waals surface area contributed by atoms with E-state index in [4.69, 9.17) is 9.47 Å². The third-order valence-electron chi connectivity index (χ3n) is 2.34. The average molecular weight is 254 g/mol. The second-order valence-corrected chi connectivity index (χ2v) is 3.68. The molecule has 1 aromatic carbocycles. The molecule has 0 bridgehead atoms. The van der Waals surface area contributed by atoms with Crippen molar-refractivity contribution in [1.82, 2.24) is 5.32 Å². The highest BCUT2D eigenvalue weighted by molar-refractivity contribution is 5.48. The van der Waals surface area contributed by atoms with Gasteiger partial charge in [0.15, 0.2) is 5.75 Å². The molecule has 6 nitrogen and oxygen atoms in total. The smallest absolute Gasteiger partial charge is 0.311 e. The summed E-state index contributed by atoms with van der Waals surface area (Å²) in [7, 11) is 1.55. The number of hydrogen-bond donors (Lipinski definition) is 1. The van der Waals surface area contributed by atoms with E-state index in [0.717, 1.165) is 12.1 Å². The van der Waals surface area contributed by atoms with E-state index in [1.165, 1.54) is 6.07 Å². The first-order chi connectivity index (χ1) is 8.69. The Morgan fingerprint density at radius 3 is 2.78 bits per heavy atom. The lowest BCUT2D eigenvalue weighted by Gasteiger charge is -2.08. The van der Waals surface area contributed by atoms with Crippen molar-refractivity contribution in [1.29, 1.82) is 0 Å². The highest BCUT2D eigenvalue weighted by Gasteiger charge is 2.15. The zero-order chi connectivity index (χ0) is 13.4. The Hall–Kier alpha value is -1.66. The number of benzene rings is 1. The van der Waals surface area contributed by atoms with E-state index in [1.807, 2.05) is 13.0 Å². The molecule has 0 aromatic heterocycles. The minimum absolute atomic E-state index is 0.0125. The van der Waals surface area contributed by atoms with Gasteiger partial charge in [0.1, 0.15) is 6.61 Å². The van der Waals surface area contributed by atoms with Crippen LogP contribution in [-0.2, 0) is 11.3 Å². The summed E-state index contributed by atoms with van der Waals surface area (Å²) in [6, 6.07) is 4.98. The summed E-state index contributed by atoms with van der Waals surface area (Å²) in [6.07, 6.45) is 0. The average Bonchev–Trinajstić information content (AvgIpc) is 2.37. The maximum absolute atomic E-state index is 11.0. The van der Waals surface area contributed by atoms with E-state index < -0.39 is 4.92 Å².